The van der Waals surface area contributed by atoms with Gasteiger partial charge in [0.2, 0.25) is 0 Å². The monoisotopic (exact) mass is 278 g/mol. The van der Waals surface area contributed by atoms with Gasteiger partial charge in [0.15, 0.2) is 0 Å². The average Bonchev–Trinajstić information content (AvgIpc) is 2.83. The minimum Gasteiger partial charge on any atom is -0.493 e. The molecule has 3 N–H and O–H groups in total. The summed E-state index contributed by atoms with van der Waals surface area (Å²) in [6.07, 6.45) is -0.214. The first kappa shape index (κ1) is 15.3. The summed E-state index contributed by atoms with van der Waals surface area (Å²) in [6.45, 7) is 8.33. The highest BCUT2D eigenvalue weighted by atomic mass is 16.5. The Labute approximate surface area is 121 Å². The summed E-state index contributed by atoms with van der Waals surface area (Å²) in [4.78, 5) is 0. The minimum atomic E-state index is -0.214. The van der Waals surface area contributed by atoms with Crippen molar-refractivity contribution in [1.29, 1.82) is 0 Å². The molecule has 0 spiro atoms. The zero-order valence-electron chi connectivity index (χ0n) is 12.4. The molecule has 0 amide bonds. The van der Waals surface area contributed by atoms with Crippen molar-refractivity contribution in [2.45, 2.75) is 26.5 Å². The zero-order chi connectivity index (χ0) is 14.4. The van der Waals surface area contributed by atoms with Crippen LogP contribution in [0.2, 0.25) is 0 Å². The largest absolute Gasteiger partial charge is 0.493 e. The van der Waals surface area contributed by atoms with Gasteiger partial charge >= 0.3 is 0 Å². The molecule has 0 saturated carbocycles. The van der Waals surface area contributed by atoms with Gasteiger partial charge in [0.1, 0.15) is 5.75 Å². The molecule has 2 unspecified atom stereocenters. The number of nitrogens with one attached hydrogen (secondary N) is 2. The third-order valence-electron chi connectivity index (χ3n) is 3.55. The van der Waals surface area contributed by atoms with E-state index in [-0.39, 0.29) is 6.10 Å². The Morgan fingerprint density at radius 2 is 2.05 bits per heavy atom. The number of aliphatic hydroxyl groups excluding tert-OH is 1. The van der Waals surface area contributed by atoms with Gasteiger partial charge < -0.3 is 20.5 Å². The molecular formula is C16H26N2O2. The summed E-state index contributed by atoms with van der Waals surface area (Å²) in [5.74, 6) is 1.80. The van der Waals surface area contributed by atoms with Crippen LogP contribution in [0.15, 0.2) is 24.3 Å². The van der Waals surface area contributed by atoms with Crippen molar-refractivity contribution >= 4 is 0 Å². The molecule has 2 rings (SSSR count). The number of hydrogen-bond donors (Lipinski definition) is 3. The van der Waals surface area contributed by atoms with Gasteiger partial charge in [0.05, 0.1) is 12.7 Å². The Bertz CT molecular complexity index is 392. The second kappa shape index (κ2) is 7.62. The van der Waals surface area contributed by atoms with Crippen molar-refractivity contribution < 1.29 is 9.84 Å². The molecule has 1 aliphatic heterocycles. The highest BCUT2D eigenvalue weighted by Gasteiger charge is 2.23. The Balaban J connectivity index is 1.70. The lowest BCUT2D eigenvalue weighted by Crippen LogP contribution is -2.30. The fourth-order valence-corrected chi connectivity index (χ4v) is 2.30. The van der Waals surface area contributed by atoms with Crippen molar-refractivity contribution in [3.63, 3.8) is 0 Å². The maximum Gasteiger partial charge on any atom is 0.119 e. The third-order valence-corrected chi connectivity index (χ3v) is 3.55. The second-order valence-electron chi connectivity index (χ2n) is 5.97. The van der Waals surface area contributed by atoms with E-state index < -0.39 is 0 Å². The maximum atomic E-state index is 9.71. The van der Waals surface area contributed by atoms with E-state index in [1.54, 1.807) is 0 Å². The summed E-state index contributed by atoms with van der Waals surface area (Å²) < 4.78 is 5.66. The predicted octanol–water partition coefficient (Wildman–Crippen LogP) is 1.39. The van der Waals surface area contributed by atoms with E-state index >= 15 is 0 Å². The SMILES string of the molecule is CC(C)COc1ccc(CNCC2CNCC2O)cc1. The molecule has 0 bridgehead atoms. The number of rotatable bonds is 7. The number of hydrogen-bond acceptors (Lipinski definition) is 4. The van der Waals surface area contributed by atoms with E-state index in [1.165, 1.54) is 5.56 Å². The van der Waals surface area contributed by atoms with Crippen LogP contribution in [0.3, 0.4) is 0 Å². The first-order valence-corrected chi connectivity index (χ1v) is 7.46. The molecule has 1 aromatic carbocycles. The molecule has 1 fully saturated rings. The van der Waals surface area contributed by atoms with E-state index in [4.69, 9.17) is 4.74 Å². The molecule has 0 aromatic heterocycles. The molecule has 1 aromatic rings. The highest BCUT2D eigenvalue weighted by Crippen LogP contribution is 2.13. The highest BCUT2D eigenvalue weighted by molar-refractivity contribution is 5.27. The molecule has 2 atom stereocenters. The lowest BCUT2D eigenvalue weighted by Gasteiger charge is -2.14. The van der Waals surface area contributed by atoms with Crippen LogP contribution in [0.5, 0.6) is 5.75 Å². The molecular weight excluding hydrogens is 252 g/mol. The quantitative estimate of drug-likeness (QED) is 0.705. The molecule has 1 aliphatic rings. The molecule has 4 nitrogen and oxygen atoms in total. The average molecular weight is 278 g/mol. The lowest BCUT2D eigenvalue weighted by atomic mass is 10.1. The van der Waals surface area contributed by atoms with Crippen molar-refractivity contribution in [3.8, 4) is 5.75 Å². The zero-order valence-corrected chi connectivity index (χ0v) is 12.4. The van der Waals surface area contributed by atoms with Crippen molar-refractivity contribution in [3.05, 3.63) is 29.8 Å². The Morgan fingerprint density at radius 1 is 1.30 bits per heavy atom. The molecule has 1 saturated heterocycles. The predicted molar refractivity (Wildman–Crippen MR) is 80.8 cm³/mol. The maximum absolute atomic E-state index is 9.71. The standard InChI is InChI=1S/C16H26N2O2/c1-12(2)11-20-15-5-3-13(4-6-15)7-17-8-14-9-18-10-16(14)19/h3-6,12,14,16-19H,7-11H2,1-2H3. The summed E-state index contributed by atoms with van der Waals surface area (Å²) in [7, 11) is 0. The van der Waals surface area contributed by atoms with Crippen LogP contribution in [0, 0.1) is 11.8 Å². The van der Waals surface area contributed by atoms with Crippen LogP contribution >= 0.6 is 0 Å². The van der Waals surface area contributed by atoms with E-state index in [1.807, 2.05) is 12.1 Å². The van der Waals surface area contributed by atoms with Gasteiger partial charge in [-0.25, -0.2) is 0 Å². The summed E-state index contributed by atoms with van der Waals surface area (Å²) in [5.41, 5.74) is 1.24. The van der Waals surface area contributed by atoms with E-state index in [2.05, 4.69) is 36.6 Å². The van der Waals surface area contributed by atoms with Crippen LogP contribution in [0.25, 0.3) is 0 Å². The van der Waals surface area contributed by atoms with Crippen molar-refractivity contribution in [2.24, 2.45) is 11.8 Å². The molecule has 112 valence electrons. The first-order valence-electron chi connectivity index (χ1n) is 7.46. The van der Waals surface area contributed by atoms with Gasteiger partial charge in [-0.3, -0.25) is 0 Å². The van der Waals surface area contributed by atoms with Crippen molar-refractivity contribution in [1.82, 2.24) is 10.6 Å². The third kappa shape index (κ3) is 4.78. The van der Waals surface area contributed by atoms with Gasteiger partial charge in [-0.1, -0.05) is 26.0 Å². The first-order chi connectivity index (χ1) is 9.65. The van der Waals surface area contributed by atoms with Crippen LogP contribution in [0.1, 0.15) is 19.4 Å². The molecule has 0 aliphatic carbocycles. The summed E-state index contributed by atoms with van der Waals surface area (Å²) >= 11 is 0. The van der Waals surface area contributed by atoms with Gasteiger partial charge in [0, 0.05) is 32.1 Å². The van der Waals surface area contributed by atoms with Gasteiger partial charge in [-0.15, -0.1) is 0 Å². The lowest BCUT2D eigenvalue weighted by molar-refractivity contribution is 0.146. The summed E-state index contributed by atoms with van der Waals surface area (Å²) in [6, 6.07) is 8.22. The van der Waals surface area contributed by atoms with Gasteiger partial charge in [0.25, 0.3) is 0 Å². The fraction of sp³-hybridized carbons (Fsp3) is 0.625. The van der Waals surface area contributed by atoms with Crippen LogP contribution in [0.4, 0.5) is 0 Å². The topological polar surface area (TPSA) is 53.5 Å². The smallest absolute Gasteiger partial charge is 0.119 e. The molecule has 20 heavy (non-hydrogen) atoms. The number of aliphatic hydroxyl groups is 1. The van der Waals surface area contributed by atoms with E-state index in [0.29, 0.717) is 18.4 Å². The van der Waals surface area contributed by atoms with Crippen LogP contribution < -0.4 is 15.4 Å². The van der Waals surface area contributed by atoms with Crippen LogP contribution in [-0.2, 0) is 6.54 Å². The second-order valence-corrected chi connectivity index (χ2v) is 5.97. The molecule has 1 heterocycles. The number of β-amino-alcohol motifs (C(OH)–C–C–N with tert-alkyl or cyclic N) is 1. The van der Waals surface area contributed by atoms with Crippen molar-refractivity contribution in [2.75, 3.05) is 26.2 Å². The molecule has 0 radical (unpaired) electrons. The van der Waals surface area contributed by atoms with Gasteiger partial charge in [-0.05, 0) is 23.6 Å². The fourth-order valence-electron chi connectivity index (χ4n) is 2.30. The Morgan fingerprint density at radius 3 is 2.65 bits per heavy atom. The van der Waals surface area contributed by atoms with Gasteiger partial charge in [-0.2, -0.15) is 0 Å². The number of benzene rings is 1. The van der Waals surface area contributed by atoms with E-state index in [0.717, 1.165) is 32.0 Å². The van der Waals surface area contributed by atoms with E-state index in [9.17, 15) is 5.11 Å². The Hall–Kier alpha value is -1.10. The normalized spacial score (nSPS) is 22.4. The van der Waals surface area contributed by atoms with Crippen LogP contribution in [-0.4, -0.2) is 37.5 Å². The number of ether oxygens (including phenoxy) is 1. The molecule has 4 heteroatoms. The summed E-state index contributed by atoms with van der Waals surface area (Å²) in [5, 5.41) is 16.3. The Kier molecular flexibility index (Phi) is 5.83. The minimum absolute atomic E-state index is 0.214.